The Morgan fingerprint density at radius 2 is 1.95 bits per heavy atom. The van der Waals surface area contributed by atoms with Gasteiger partial charge in [-0.2, -0.15) is 0 Å². The molecule has 0 saturated heterocycles. The summed E-state index contributed by atoms with van der Waals surface area (Å²) in [6, 6.07) is 7.32. The summed E-state index contributed by atoms with van der Waals surface area (Å²) in [6.07, 6.45) is -0.265. The molecule has 20 heavy (non-hydrogen) atoms. The van der Waals surface area contributed by atoms with Gasteiger partial charge in [0.15, 0.2) is 0 Å². The average molecular weight is 282 g/mol. The van der Waals surface area contributed by atoms with Gasteiger partial charge in [0, 0.05) is 32.9 Å². The van der Waals surface area contributed by atoms with Gasteiger partial charge in [-0.25, -0.2) is 4.79 Å². The molecule has 1 aromatic rings. The number of methoxy groups -OCH3 is 3. The number of nitrogens with one attached hydrogen (secondary N) is 2. The highest BCUT2D eigenvalue weighted by molar-refractivity contribution is 5.73. The van der Waals surface area contributed by atoms with Crippen LogP contribution in [0.4, 0.5) is 4.79 Å². The van der Waals surface area contributed by atoms with Crippen molar-refractivity contribution in [1.29, 1.82) is 0 Å². The Labute approximate surface area is 119 Å². The van der Waals surface area contributed by atoms with Crippen LogP contribution in [-0.2, 0) is 9.47 Å². The predicted octanol–water partition coefficient (Wildman–Crippen LogP) is 1.33. The first kappa shape index (κ1) is 16.3. The highest BCUT2D eigenvalue weighted by Gasteiger charge is 2.15. The van der Waals surface area contributed by atoms with E-state index in [0.29, 0.717) is 19.7 Å². The first-order valence-electron chi connectivity index (χ1n) is 6.39. The van der Waals surface area contributed by atoms with Crippen LogP contribution in [0.2, 0.25) is 0 Å². The highest BCUT2D eigenvalue weighted by atomic mass is 16.5. The van der Waals surface area contributed by atoms with Crippen molar-refractivity contribution >= 4 is 6.03 Å². The van der Waals surface area contributed by atoms with Gasteiger partial charge in [0.05, 0.1) is 13.7 Å². The second kappa shape index (κ2) is 9.17. The maximum absolute atomic E-state index is 11.6. The highest BCUT2D eigenvalue weighted by Crippen LogP contribution is 2.26. The van der Waals surface area contributed by atoms with E-state index in [4.69, 9.17) is 14.2 Å². The van der Waals surface area contributed by atoms with E-state index in [-0.39, 0.29) is 12.1 Å². The number of ether oxygens (including phenoxy) is 3. The Hall–Kier alpha value is -1.79. The molecular weight excluding hydrogens is 260 g/mol. The van der Waals surface area contributed by atoms with Crippen molar-refractivity contribution < 1.29 is 19.0 Å². The zero-order chi connectivity index (χ0) is 14.8. The van der Waals surface area contributed by atoms with Crippen molar-refractivity contribution in [3.8, 4) is 5.75 Å². The van der Waals surface area contributed by atoms with Gasteiger partial charge in [0.2, 0.25) is 0 Å². The first-order chi connectivity index (χ1) is 9.72. The van der Waals surface area contributed by atoms with Gasteiger partial charge in [-0.15, -0.1) is 0 Å². The molecule has 2 N–H and O–H groups in total. The lowest BCUT2D eigenvalue weighted by Crippen LogP contribution is -2.39. The standard InChI is InChI=1S/C14H22N2O4/c1-18-9-8-15-14(17)16-10-13(20-3)11-6-4-5-7-12(11)19-2/h4-7,13H,8-10H2,1-3H3,(H2,15,16,17). The van der Waals surface area contributed by atoms with Crippen LogP contribution in [-0.4, -0.2) is 47.1 Å². The summed E-state index contributed by atoms with van der Waals surface area (Å²) in [7, 11) is 4.79. The minimum atomic E-state index is -0.265. The molecule has 0 spiro atoms. The number of carbonyl (C=O) groups excluding carboxylic acids is 1. The Bertz CT molecular complexity index is 412. The smallest absolute Gasteiger partial charge is 0.314 e. The van der Waals surface area contributed by atoms with E-state index in [9.17, 15) is 4.79 Å². The summed E-state index contributed by atoms with van der Waals surface area (Å²) < 4.78 is 15.6. The maximum atomic E-state index is 11.6. The van der Waals surface area contributed by atoms with E-state index in [2.05, 4.69) is 10.6 Å². The van der Waals surface area contributed by atoms with Gasteiger partial charge in [0.25, 0.3) is 0 Å². The summed E-state index contributed by atoms with van der Waals surface area (Å²) in [5.74, 6) is 0.737. The van der Waals surface area contributed by atoms with Gasteiger partial charge in [-0.05, 0) is 6.07 Å². The van der Waals surface area contributed by atoms with Gasteiger partial charge >= 0.3 is 6.03 Å². The third-order valence-corrected chi connectivity index (χ3v) is 2.81. The second-order valence-corrected chi connectivity index (χ2v) is 4.10. The van der Waals surface area contributed by atoms with Crippen LogP contribution in [0.3, 0.4) is 0 Å². The zero-order valence-corrected chi connectivity index (χ0v) is 12.1. The van der Waals surface area contributed by atoms with E-state index < -0.39 is 0 Å². The normalized spacial score (nSPS) is 11.8. The molecule has 0 fully saturated rings. The molecule has 2 amide bonds. The van der Waals surface area contributed by atoms with Crippen LogP contribution in [0.1, 0.15) is 11.7 Å². The molecule has 0 aliphatic heterocycles. The molecule has 6 nitrogen and oxygen atoms in total. The Morgan fingerprint density at radius 1 is 1.20 bits per heavy atom. The molecule has 112 valence electrons. The molecule has 1 atom stereocenters. The van der Waals surface area contributed by atoms with E-state index in [1.807, 2.05) is 24.3 Å². The molecule has 0 aliphatic carbocycles. The fourth-order valence-corrected chi connectivity index (χ4v) is 1.77. The van der Waals surface area contributed by atoms with Crippen LogP contribution in [0.5, 0.6) is 5.75 Å². The van der Waals surface area contributed by atoms with E-state index in [1.165, 1.54) is 0 Å². The Kier molecular flexibility index (Phi) is 7.46. The molecule has 0 aliphatic rings. The molecule has 1 unspecified atom stereocenters. The van der Waals surface area contributed by atoms with Crippen LogP contribution in [0.15, 0.2) is 24.3 Å². The van der Waals surface area contributed by atoms with E-state index in [0.717, 1.165) is 11.3 Å². The molecule has 6 heteroatoms. The summed E-state index contributed by atoms with van der Waals surface area (Å²) >= 11 is 0. The lowest BCUT2D eigenvalue weighted by atomic mass is 10.1. The lowest BCUT2D eigenvalue weighted by molar-refractivity contribution is 0.101. The molecular formula is C14H22N2O4. The van der Waals surface area contributed by atoms with Crippen molar-refractivity contribution in [2.75, 3.05) is 41.0 Å². The van der Waals surface area contributed by atoms with Gasteiger partial charge in [-0.3, -0.25) is 0 Å². The molecule has 1 rings (SSSR count). The quantitative estimate of drug-likeness (QED) is 0.706. The summed E-state index contributed by atoms with van der Waals surface area (Å²) in [5, 5.41) is 5.44. The van der Waals surface area contributed by atoms with Gasteiger partial charge in [0.1, 0.15) is 11.9 Å². The summed E-state index contributed by atoms with van der Waals surface area (Å²) in [4.78, 5) is 11.6. The minimum Gasteiger partial charge on any atom is -0.496 e. The molecule has 0 bridgehead atoms. The zero-order valence-electron chi connectivity index (χ0n) is 12.1. The Morgan fingerprint density at radius 3 is 2.60 bits per heavy atom. The number of hydrogen-bond donors (Lipinski definition) is 2. The first-order valence-corrected chi connectivity index (χ1v) is 6.39. The minimum absolute atomic E-state index is 0.251. The number of hydrogen-bond acceptors (Lipinski definition) is 4. The molecule has 0 aromatic heterocycles. The van der Waals surface area contributed by atoms with Gasteiger partial charge < -0.3 is 24.8 Å². The largest absolute Gasteiger partial charge is 0.496 e. The third-order valence-electron chi connectivity index (χ3n) is 2.81. The Balaban J connectivity index is 2.52. The number of urea groups is 1. The second-order valence-electron chi connectivity index (χ2n) is 4.10. The molecule has 0 heterocycles. The molecule has 0 saturated carbocycles. The monoisotopic (exact) mass is 282 g/mol. The van der Waals surface area contributed by atoms with Crippen molar-refractivity contribution in [2.45, 2.75) is 6.10 Å². The summed E-state index contributed by atoms with van der Waals surface area (Å²) in [5.41, 5.74) is 0.898. The van der Waals surface area contributed by atoms with Crippen LogP contribution in [0, 0.1) is 0 Å². The van der Waals surface area contributed by atoms with Gasteiger partial charge in [-0.1, -0.05) is 18.2 Å². The molecule has 0 radical (unpaired) electrons. The average Bonchev–Trinajstić information content (AvgIpc) is 2.48. The summed E-state index contributed by atoms with van der Waals surface area (Å²) in [6.45, 7) is 1.30. The number of amides is 2. The molecule has 1 aromatic carbocycles. The van der Waals surface area contributed by atoms with Crippen molar-refractivity contribution in [3.05, 3.63) is 29.8 Å². The van der Waals surface area contributed by atoms with Crippen LogP contribution in [0.25, 0.3) is 0 Å². The van der Waals surface area contributed by atoms with Crippen LogP contribution < -0.4 is 15.4 Å². The SMILES string of the molecule is COCCNC(=O)NCC(OC)c1ccccc1OC. The number of para-hydroxylation sites is 1. The van der Waals surface area contributed by atoms with E-state index in [1.54, 1.807) is 21.3 Å². The number of rotatable bonds is 8. The third kappa shape index (κ3) is 5.07. The predicted molar refractivity (Wildman–Crippen MR) is 76.0 cm³/mol. The topological polar surface area (TPSA) is 68.8 Å². The van der Waals surface area contributed by atoms with Crippen molar-refractivity contribution in [3.63, 3.8) is 0 Å². The lowest BCUT2D eigenvalue weighted by Gasteiger charge is -2.19. The number of carbonyl (C=O) groups is 1. The maximum Gasteiger partial charge on any atom is 0.314 e. The fourth-order valence-electron chi connectivity index (χ4n) is 1.77. The van der Waals surface area contributed by atoms with Crippen molar-refractivity contribution in [1.82, 2.24) is 10.6 Å². The van der Waals surface area contributed by atoms with E-state index >= 15 is 0 Å². The number of benzene rings is 1. The fraction of sp³-hybridized carbons (Fsp3) is 0.500. The van der Waals surface area contributed by atoms with Crippen molar-refractivity contribution in [2.24, 2.45) is 0 Å². The van der Waals surface area contributed by atoms with Crippen LogP contribution >= 0.6 is 0 Å².